The van der Waals surface area contributed by atoms with Crippen LogP contribution in [0, 0.1) is 0 Å². The van der Waals surface area contributed by atoms with Crippen molar-refractivity contribution in [3.8, 4) is 5.75 Å². The molecule has 0 unspecified atom stereocenters. The molecule has 134 valence electrons. The highest BCUT2D eigenvalue weighted by atomic mass is 16.5. The van der Waals surface area contributed by atoms with Gasteiger partial charge in [0.1, 0.15) is 5.75 Å². The maximum absolute atomic E-state index is 12.7. The smallest absolute Gasteiger partial charge is 0.277 e. The molecule has 3 heterocycles. The van der Waals surface area contributed by atoms with E-state index in [1.165, 1.54) is 4.90 Å². The molecule has 0 spiro atoms. The summed E-state index contributed by atoms with van der Waals surface area (Å²) in [5.74, 6) is 1.27. The van der Waals surface area contributed by atoms with Crippen molar-refractivity contribution in [2.24, 2.45) is 0 Å². The molecule has 0 radical (unpaired) electrons. The third kappa shape index (κ3) is 3.49. The average Bonchev–Trinajstić information content (AvgIpc) is 3.32. The minimum absolute atomic E-state index is 0.0969. The van der Waals surface area contributed by atoms with E-state index < -0.39 is 0 Å². The fourth-order valence-electron chi connectivity index (χ4n) is 4.00. The van der Waals surface area contributed by atoms with E-state index in [1.807, 2.05) is 28.0 Å². The summed E-state index contributed by atoms with van der Waals surface area (Å²) in [4.78, 5) is 30.2. The van der Waals surface area contributed by atoms with Crippen molar-refractivity contribution in [1.29, 1.82) is 0 Å². The van der Waals surface area contributed by atoms with Gasteiger partial charge in [0.25, 0.3) is 11.8 Å². The van der Waals surface area contributed by atoms with E-state index in [1.54, 1.807) is 0 Å². The van der Waals surface area contributed by atoms with E-state index in [4.69, 9.17) is 4.74 Å². The fourth-order valence-corrected chi connectivity index (χ4v) is 4.00. The lowest BCUT2D eigenvalue weighted by Gasteiger charge is -2.32. The number of carbonyl (C=O) groups is 2. The Morgan fingerprint density at radius 2 is 1.80 bits per heavy atom. The zero-order valence-corrected chi connectivity index (χ0v) is 14.6. The minimum atomic E-state index is 0.0969. The summed E-state index contributed by atoms with van der Waals surface area (Å²) in [7, 11) is 0. The van der Waals surface area contributed by atoms with Gasteiger partial charge in [-0.1, -0.05) is 0 Å². The fraction of sp³-hybridized carbons (Fsp3) is 0.579. The highest BCUT2D eigenvalue weighted by molar-refractivity contribution is 5.94. The Kier molecular flexibility index (Phi) is 4.61. The van der Waals surface area contributed by atoms with Crippen LogP contribution in [0.3, 0.4) is 0 Å². The number of amides is 2. The molecule has 2 saturated heterocycles. The number of hydrogen-bond acceptors (Lipinski definition) is 3. The molecule has 4 rings (SSSR count). The average molecular weight is 344 g/mol. The summed E-state index contributed by atoms with van der Waals surface area (Å²) in [6.07, 6.45) is 3.15. The molecule has 2 amide bonds. The van der Waals surface area contributed by atoms with Crippen LogP contribution in [0.4, 0.5) is 0 Å². The number of carbonyl (C=O) groups excluding carboxylic acids is 2. The number of nitrogens with zero attached hydrogens (tertiary/aromatic N) is 2. The van der Waals surface area contributed by atoms with Gasteiger partial charge < -0.3 is 19.4 Å². The maximum Gasteiger partial charge on any atom is 0.277 e. The van der Waals surface area contributed by atoms with Crippen molar-refractivity contribution in [1.82, 2.24) is 9.80 Å². The van der Waals surface area contributed by atoms with Gasteiger partial charge in [-0.3, -0.25) is 9.59 Å². The van der Waals surface area contributed by atoms with E-state index >= 15 is 0 Å². The number of rotatable bonds is 3. The number of ether oxygens (including phenoxy) is 1. The lowest BCUT2D eigenvalue weighted by atomic mass is 10.1. The molecule has 2 fully saturated rings. The molecule has 3 aliphatic heterocycles. The van der Waals surface area contributed by atoms with Crippen molar-refractivity contribution < 1.29 is 19.2 Å². The van der Waals surface area contributed by atoms with Crippen LogP contribution >= 0.6 is 0 Å². The first-order valence-electron chi connectivity index (χ1n) is 9.37. The van der Waals surface area contributed by atoms with E-state index in [-0.39, 0.29) is 11.8 Å². The van der Waals surface area contributed by atoms with Crippen LogP contribution in [0.25, 0.3) is 0 Å². The number of benzene rings is 1. The van der Waals surface area contributed by atoms with Gasteiger partial charge in [-0.05, 0) is 36.6 Å². The molecule has 1 aromatic rings. The van der Waals surface area contributed by atoms with Crippen molar-refractivity contribution >= 4 is 11.8 Å². The van der Waals surface area contributed by atoms with Crippen LogP contribution in [0.1, 0.15) is 28.8 Å². The highest BCUT2D eigenvalue weighted by Crippen LogP contribution is 2.26. The van der Waals surface area contributed by atoms with Crippen molar-refractivity contribution in [3.05, 3.63) is 29.3 Å². The van der Waals surface area contributed by atoms with Crippen LogP contribution in [0.15, 0.2) is 18.2 Å². The van der Waals surface area contributed by atoms with Crippen molar-refractivity contribution in [2.75, 3.05) is 52.4 Å². The molecule has 0 bridgehead atoms. The normalized spacial score (nSPS) is 20.5. The number of quaternary nitrogens is 1. The number of likely N-dealkylation sites (tertiary alicyclic amines) is 1. The molecular formula is C19H26N3O3+. The Labute approximate surface area is 148 Å². The molecule has 3 aliphatic rings. The molecule has 1 aromatic carbocycles. The number of fused-ring (bicyclic) bond motifs is 1. The van der Waals surface area contributed by atoms with Gasteiger partial charge in [0, 0.05) is 25.1 Å². The van der Waals surface area contributed by atoms with Crippen LogP contribution in [0.2, 0.25) is 0 Å². The van der Waals surface area contributed by atoms with Gasteiger partial charge in [0.05, 0.1) is 32.8 Å². The predicted molar refractivity (Wildman–Crippen MR) is 92.9 cm³/mol. The molecule has 0 atom stereocenters. The summed E-state index contributed by atoms with van der Waals surface area (Å²) in [6, 6.07) is 5.75. The van der Waals surface area contributed by atoms with Crippen LogP contribution in [-0.4, -0.2) is 74.0 Å². The van der Waals surface area contributed by atoms with Gasteiger partial charge >= 0.3 is 0 Å². The summed E-state index contributed by atoms with van der Waals surface area (Å²) >= 11 is 0. The summed E-state index contributed by atoms with van der Waals surface area (Å²) in [6.45, 7) is 6.23. The Hall–Kier alpha value is -2.08. The van der Waals surface area contributed by atoms with Gasteiger partial charge in [0.15, 0.2) is 6.54 Å². The minimum Gasteiger partial charge on any atom is -0.493 e. The monoisotopic (exact) mass is 344 g/mol. The standard InChI is InChI=1S/C19H25N3O3/c23-18(21-6-1-2-7-21)14-20-8-10-22(11-9-20)19(24)16-3-4-17-15(13-16)5-12-25-17/h3-4,13H,1-2,5-12,14H2/p+1. The Morgan fingerprint density at radius 3 is 2.56 bits per heavy atom. The first kappa shape index (κ1) is 16.4. The maximum atomic E-state index is 12.7. The van der Waals surface area contributed by atoms with Gasteiger partial charge in [-0.2, -0.15) is 0 Å². The Balaban J connectivity index is 1.30. The zero-order chi connectivity index (χ0) is 17.2. The van der Waals surface area contributed by atoms with E-state index in [0.717, 1.165) is 75.4 Å². The van der Waals surface area contributed by atoms with E-state index in [2.05, 4.69) is 0 Å². The molecule has 0 aromatic heterocycles. The molecular weight excluding hydrogens is 318 g/mol. The second-order valence-electron chi connectivity index (χ2n) is 7.23. The first-order valence-corrected chi connectivity index (χ1v) is 9.37. The number of hydrogen-bond donors (Lipinski definition) is 1. The SMILES string of the molecule is O=C(C[NH+]1CCN(C(=O)c2ccc3c(c2)CCO3)CC1)N1CCCC1. The molecule has 25 heavy (non-hydrogen) atoms. The molecule has 6 nitrogen and oxygen atoms in total. The Morgan fingerprint density at radius 1 is 1.04 bits per heavy atom. The topological polar surface area (TPSA) is 54.3 Å². The summed E-state index contributed by atoms with van der Waals surface area (Å²) in [5.41, 5.74) is 1.88. The van der Waals surface area contributed by atoms with Crippen LogP contribution in [-0.2, 0) is 11.2 Å². The summed E-state index contributed by atoms with van der Waals surface area (Å²) < 4.78 is 5.51. The second kappa shape index (κ2) is 7.04. The lowest BCUT2D eigenvalue weighted by molar-refractivity contribution is -0.896. The lowest BCUT2D eigenvalue weighted by Crippen LogP contribution is -3.15. The second-order valence-corrected chi connectivity index (χ2v) is 7.23. The van der Waals surface area contributed by atoms with Crippen molar-refractivity contribution in [3.63, 3.8) is 0 Å². The van der Waals surface area contributed by atoms with Crippen LogP contribution < -0.4 is 9.64 Å². The third-order valence-electron chi connectivity index (χ3n) is 5.55. The zero-order valence-electron chi connectivity index (χ0n) is 14.6. The molecule has 0 aliphatic carbocycles. The predicted octanol–water partition coefficient (Wildman–Crippen LogP) is -0.415. The van der Waals surface area contributed by atoms with Gasteiger partial charge in [-0.15, -0.1) is 0 Å². The van der Waals surface area contributed by atoms with Crippen molar-refractivity contribution in [2.45, 2.75) is 19.3 Å². The van der Waals surface area contributed by atoms with Gasteiger partial charge in [-0.25, -0.2) is 0 Å². The summed E-state index contributed by atoms with van der Waals surface area (Å²) in [5, 5.41) is 0. The number of nitrogens with one attached hydrogen (secondary N) is 1. The molecule has 1 N–H and O–H groups in total. The molecule has 0 saturated carbocycles. The van der Waals surface area contributed by atoms with Gasteiger partial charge in [0.2, 0.25) is 0 Å². The Bertz CT molecular complexity index is 662. The highest BCUT2D eigenvalue weighted by Gasteiger charge is 2.28. The van der Waals surface area contributed by atoms with Crippen LogP contribution in [0.5, 0.6) is 5.75 Å². The largest absolute Gasteiger partial charge is 0.493 e. The van der Waals surface area contributed by atoms with E-state index in [9.17, 15) is 9.59 Å². The first-order chi connectivity index (χ1) is 12.2. The third-order valence-corrected chi connectivity index (χ3v) is 5.55. The molecule has 6 heteroatoms. The number of piperazine rings is 1. The quantitative estimate of drug-likeness (QED) is 0.811. The van der Waals surface area contributed by atoms with E-state index in [0.29, 0.717) is 13.2 Å².